The van der Waals surface area contributed by atoms with Crippen molar-refractivity contribution in [2.75, 3.05) is 26.7 Å². The van der Waals surface area contributed by atoms with E-state index in [1.807, 2.05) is 20.8 Å². The predicted octanol–water partition coefficient (Wildman–Crippen LogP) is 0.956. The lowest BCUT2D eigenvalue weighted by molar-refractivity contribution is -0.131. The molecule has 25 heavy (non-hydrogen) atoms. The number of hydrogen-bond acceptors (Lipinski definition) is 4. The Kier molecular flexibility index (Phi) is 8.05. The van der Waals surface area contributed by atoms with E-state index in [1.165, 1.54) is 6.07 Å². The topological polar surface area (TPSA) is 95.6 Å². The summed E-state index contributed by atoms with van der Waals surface area (Å²) in [6, 6.07) is 4.77. The van der Waals surface area contributed by atoms with E-state index in [1.54, 1.807) is 24.1 Å². The van der Waals surface area contributed by atoms with Gasteiger partial charge in [-0.25, -0.2) is 13.1 Å². The smallest absolute Gasteiger partial charge is 0.241 e. The van der Waals surface area contributed by atoms with E-state index >= 15 is 0 Å². The molecule has 0 aromatic heterocycles. The van der Waals surface area contributed by atoms with Crippen molar-refractivity contribution >= 4 is 21.8 Å². The maximum atomic E-state index is 12.2. The van der Waals surface area contributed by atoms with E-state index in [0.29, 0.717) is 6.54 Å². The predicted molar refractivity (Wildman–Crippen MR) is 96.7 cm³/mol. The van der Waals surface area contributed by atoms with Crippen LogP contribution < -0.4 is 10.0 Å². The molecule has 7 nitrogen and oxygen atoms in total. The van der Waals surface area contributed by atoms with Crippen LogP contribution in [0.3, 0.4) is 0 Å². The van der Waals surface area contributed by atoms with Gasteiger partial charge in [-0.15, -0.1) is 0 Å². The number of hydrogen-bond donors (Lipinski definition) is 2. The summed E-state index contributed by atoms with van der Waals surface area (Å²) in [6.07, 6.45) is 1.87. The zero-order chi connectivity index (χ0) is 19.0. The lowest BCUT2D eigenvalue weighted by Crippen LogP contribution is -2.42. The van der Waals surface area contributed by atoms with Gasteiger partial charge in [-0.3, -0.25) is 9.59 Å². The molecule has 8 heteroatoms. The summed E-state index contributed by atoms with van der Waals surface area (Å²) in [5.41, 5.74) is 1.84. The molecule has 0 unspecified atom stereocenters. The van der Waals surface area contributed by atoms with Crippen molar-refractivity contribution in [2.24, 2.45) is 0 Å². The Bertz CT molecular complexity index is 717. The van der Waals surface area contributed by atoms with Crippen molar-refractivity contribution in [2.45, 2.75) is 38.5 Å². The average molecular weight is 369 g/mol. The summed E-state index contributed by atoms with van der Waals surface area (Å²) in [7, 11) is -2.09. The maximum absolute atomic E-state index is 12.2. The van der Waals surface area contributed by atoms with Crippen LogP contribution in [0.1, 0.15) is 30.9 Å². The Labute approximate surface area is 149 Å². The molecule has 140 valence electrons. The van der Waals surface area contributed by atoms with Gasteiger partial charge in [0.25, 0.3) is 0 Å². The maximum Gasteiger partial charge on any atom is 0.241 e. The molecule has 0 fully saturated rings. The molecule has 0 bridgehead atoms. The number of nitrogens with one attached hydrogen (secondary N) is 2. The number of carbonyl (C=O) groups is 2. The molecular weight excluding hydrogens is 342 g/mol. The Morgan fingerprint density at radius 1 is 1.12 bits per heavy atom. The van der Waals surface area contributed by atoms with Crippen LogP contribution >= 0.6 is 0 Å². The van der Waals surface area contributed by atoms with Gasteiger partial charge in [-0.05, 0) is 43.5 Å². The minimum absolute atomic E-state index is 0.110. The van der Waals surface area contributed by atoms with Gasteiger partial charge in [0.1, 0.15) is 0 Å². The van der Waals surface area contributed by atoms with Crippen molar-refractivity contribution in [1.82, 2.24) is 14.9 Å². The molecule has 0 aliphatic heterocycles. The molecule has 0 heterocycles. The van der Waals surface area contributed by atoms with E-state index in [4.69, 9.17) is 0 Å². The van der Waals surface area contributed by atoms with Crippen LogP contribution in [0.25, 0.3) is 0 Å². The lowest BCUT2D eigenvalue weighted by atomic mass is 10.1. The summed E-state index contributed by atoms with van der Waals surface area (Å²) < 4.78 is 26.6. The SMILES string of the molecule is CCCCN(C)C(=O)CNC(=O)CNS(=O)(=O)c1ccc(C)c(C)c1. The van der Waals surface area contributed by atoms with E-state index in [-0.39, 0.29) is 17.3 Å². The number of rotatable bonds is 9. The largest absolute Gasteiger partial charge is 0.346 e. The highest BCUT2D eigenvalue weighted by Crippen LogP contribution is 2.14. The fourth-order valence-corrected chi connectivity index (χ4v) is 3.08. The fraction of sp³-hybridized carbons (Fsp3) is 0.529. The van der Waals surface area contributed by atoms with Crippen LogP contribution in [0.5, 0.6) is 0 Å². The van der Waals surface area contributed by atoms with Gasteiger partial charge < -0.3 is 10.2 Å². The van der Waals surface area contributed by atoms with Crippen LogP contribution in [-0.2, 0) is 19.6 Å². The molecule has 2 amide bonds. The molecule has 0 saturated carbocycles. The van der Waals surface area contributed by atoms with E-state index in [0.717, 1.165) is 24.0 Å². The van der Waals surface area contributed by atoms with Gasteiger partial charge in [0.05, 0.1) is 18.0 Å². The Morgan fingerprint density at radius 2 is 1.80 bits per heavy atom. The number of unbranched alkanes of at least 4 members (excludes halogenated alkanes) is 1. The standard InChI is InChI=1S/C17H27N3O4S/c1-5-6-9-20(4)17(22)12-18-16(21)11-19-25(23,24)15-8-7-13(2)14(3)10-15/h7-8,10,19H,5-6,9,11-12H2,1-4H3,(H,18,21). The van der Waals surface area contributed by atoms with E-state index in [2.05, 4.69) is 10.0 Å². The summed E-state index contributed by atoms with van der Waals surface area (Å²) >= 11 is 0. The normalized spacial score (nSPS) is 11.2. The number of sulfonamides is 1. The van der Waals surface area contributed by atoms with Gasteiger partial charge in [-0.1, -0.05) is 19.4 Å². The van der Waals surface area contributed by atoms with Crippen molar-refractivity contribution in [3.05, 3.63) is 29.3 Å². The zero-order valence-electron chi connectivity index (χ0n) is 15.3. The first kappa shape index (κ1) is 21.1. The van der Waals surface area contributed by atoms with Gasteiger partial charge >= 0.3 is 0 Å². The van der Waals surface area contributed by atoms with Crippen LogP contribution in [0.4, 0.5) is 0 Å². The second-order valence-electron chi connectivity index (χ2n) is 6.02. The Morgan fingerprint density at radius 3 is 2.40 bits per heavy atom. The summed E-state index contributed by atoms with van der Waals surface area (Å²) in [5.74, 6) is -0.761. The first-order valence-electron chi connectivity index (χ1n) is 8.25. The number of nitrogens with zero attached hydrogens (tertiary/aromatic N) is 1. The minimum Gasteiger partial charge on any atom is -0.346 e. The average Bonchev–Trinajstić information content (AvgIpc) is 2.57. The van der Waals surface area contributed by atoms with Crippen LogP contribution in [0, 0.1) is 13.8 Å². The van der Waals surface area contributed by atoms with Crippen molar-refractivity contribution in [3.63, 3.8) is 0 Å². The Balaban J connectivity index is 2.50. The first-order chi connectivity index (χ1) is 11.7. The molecule has 1 aromatic carbocycles. The van der Waals surface area contributed by atoms with Crippen molar-refractivity contribution in [1.29, 1.82) is 0 Å². The molecule has 0 aliphatic carbocycles. The molecule has 1 rings (SSSR count). The van der Waals surface area contributed by atoms with Gasteiger partial charge in [-0.2, -0.15) is 0 Å². The summed E-state index contributed by atoms with van der Waals surface area (Å²) in [4.78, 5) is 25.2. The molecule has 0 spiro atoms. The molecule has 1 aromatic rings. The number of amides is 2. The quantitative estimate of drug-likeness (QED) is 0.678. The van der Waals surface area contributed by atoms with Crippen molar-refractivity contribution in [3.8, 4) is 0 Å². The lowest BCUT2D eigenvalue weighted by Gasteiger charge is -2.17. The van der Waals surface area contributed by atoms with Crippen LogP contribution in [-0.4, -0.2) is 51.8 Å². The zero-order valence-corrected chi connectivity index (χ0v) is 16.1. The van der Waals surface area contributed by atoms with Gasteiger partial charge in [0, 0.05) is 13.6 Å². The molecular formula is C17H27N3O4S. The Hall–Kier alpha value is -1.93. The summed E-state index contributed by atoms with van der Waals surface area (Å²) in [5, 5.41) is 2.43. The fourth-order valence-electron chi connectivity index (χ4n) is 2.02. The first-order valence-corrected chi connectivity index (χ1v) is 9.73. The van der Waals surface area contributed by atoms with E-state index < -0.39 is 22.5 Å². The molecule has 0 saturated heterocycles. The van der Waals surface area contributed by atoms with Crippen LogP contribution in [0.15, 0.2) is 23.1 Å². The highest BCUT2D eigenvalue weighted by molar-refractivity contribution is 7.89. The highest BCUT2D eigenvalue weighted by Gasteiger charge is 2.17. The minimum atomic E-state index is -3.77. The second kappa shape index (κ2) is 9.53. The number of aryl methyl sites for hydroxylation is 2. The molecule has 2 N–H and O–H groups in total. The van der Waals surface area contributed by atoms with Gasteiger partial charge in [0.2, 0.25) is 21.8 Å². The van der Waals surface area contributed by atoms with Gasteiger partial charge in [0.15, 0.2) is 0 Å². The molecule has 0 radical (unpaired) electrons. The second-order valence-corrected chi connectivity index (χ2v) is 7.78. The highest BCUT2D eigenvalue weighted by atomic mass is 32.2. The third-order valence-corrected chi connectivity index (χ3v) is 5.32. The molecule has 0 aliphatic rings. The molecule has 0 atom stereocenters. The van der Waals surface area contributed by atoms with Crippen molar-refractivity contribution < 1.29 is 18.0 Å². The number of benzene rings is 1. The third-order valence-electron chi connectivity index (χ3n) is 3.92. The monoisotopic (exact) mass is 369 g/mol. The summed E-state index contributed by atoms with van der Waals surface area (Å²) in [6.45, 7) is 5.81. The van der Waals surface area contributed by atoms with E-state index in [9.17, 15) is 18.0 Å². The third kappa shape index (κ3) is 6.83. The number of likely N-dealkylation sites (N-methyl/N-ethyl adjacent to an activating group) is 1. The van der Waals surface area contributed by atoms with Crippen LogP contribution in [0.2, 0.25) is 0 Å². The number of carbonyl (C=O) groups excluding carboxylic acids is 2.